The minimum absolute atomic E-state index is 0.152. The average molecular weight is 361 g/mol. The van der Waals surface area contributed by atoms with Crippen molar-refractivity contribution in [3.8, 4) is 0 Å². The van der Waals surface area contributed by atoms with Gasteiger partial charge in [-0.25, -0.2) is 0 Å². The Morgan fingerprint density at radius 3 is 2.67 bits per heavy atom. The van der Waals surface area contributed by atoms with E-state index in [0.29, 0.717) is 0 Å². The van der Waals surface area contributed by atoms with Crippen LogP contribution in [0.25, 0.3) is 0 Å². The molecule has 1 rings (SSSR count). The molecule has 122 valence electrons. The minimum Gasteiger partial charge on any atom is -0.379 e. The molecule has 5 nitrogen and oxygen atoms in total. The number of nitrogens with one attached hydrogen (secondary N) is 1. The molecule has 0 radical (unpaired) electrons. The van der Waals surface area contributed by atoms with Gasteiger partial charge in [0.25, 0.3) is 0 Å². The molecule has 6 heteroatoms. The van der Waals surface area contributed by atoms with Crippen LogP contribution >= 0.6 is 15.9 Å². The summed E-state index contributed by atoms with van der Waals surface area (Å²) < 4.78 is 8.86. The normalized spacial score (nSPS) is 14.6. The van der Waals surface area contributed by atoms with E-state index in [-0.39, 0.29) is 12.1 Å². The molecular formula is C15H29BrN4O. The molecule has 0 aliphatic carbocycles. The molecule has 1 N–H and O–H groups in total. The molecule has 1 heterocycles. The summed E-state index contributed by atoms with van der Waals surface area (Å²) in [6, 6.07) is 0.152. The second-order valence-electron chi connectivity index (χ2n) is 5.50. The van der Waals surface area contributed by atoms with E-state index < -0.39 is 0 Å². The van der Waals surface area contributed by atoms with Crippen LogP contribution in [-0.2, 0) is 11.3 Å². The number of halogens is 1. The van der Waals surface area contributed by atoms with E-state index in [2.05, 4.69) is 63.9 Å². The van der Waals surface area contributed by atoms with Gasteiger partial charge in [-0.1, -0.05) is 20.3 Å². The summed E-state index contributed by atoms with van der Waals surface area (Å²) in [5, 5.41) is 8.08. The van der Waals surface area contributed by atoms with E-state index in [0.717, 1.165) is 36.9 Å². The lowest BCUT2D eigenvalue weighted by atomic mass is 10.0. The Morgan fingerprint density at radius 2 is 2.14 bits per heavy atom. The Kier molecular flexibility index (Phi) is 8.48. The number of ether oxygens (including phenoxy) is 1. The van der Waals surface area contributed by atoms with E-state index in [1.807, 2.05) is 6.20 Å². The second kappa shape index (κ2) is 9.56. The van der Waals surface area contributed by atoms with Gasteiger partial charge >= 0.3 is 0 Å². The fourth-order valence-electron chi connectivity index (χ4n) is 2.48. The van der Waals surface area contributed by atoms with Gasteiger partial charge in [0.1, 0.15) is 0 Å². The Labute approximate surface area is 137 Å². The summed E-state index contributed by atoms with van der Waals surface area (Å²) in [7, 11) is 5.95. The third-order valence-corrected chi connectivity index (χ3v) is 4.17. The van der Waals surface area contributed by atoms with Crippen LogP contribution in [0.15, 0.2) is 10.7 Å². The highest BCUT2D eigenvalue weighted by Gasteiger charge is 2.27. The van der Waals surface area contributed by atoms with Crippen molar-refractivity contribution in [2.75, 3.05) is 34.3 Å². The Balaban J connectivity index is 3.02. The highest BCUT2D eigenvalue weighted by Crippen LogP contribution is 2.28. The lowest BCUT2D eigenvalue weighted by molar-refractivity contribution is 0.0579. The first kappa shape index (κ1) is 18.6. The van der Waals surface area contributed by atoms with Gasteiger partial charge in [-0.15, -0.1) is 0 Å². The molecule has 0 fully saturated rings. The van der Waals surface area contributed by atoms with Crippen LogP contribution in [0.3, 0.4) is 0 Å². The van der Waals surface area contributed by atoms with Crippen molar-refractivity contribution in [2.45, 2.75) is 45.4 Å². The van der Waals surface area contributed by atoms with Crippen molar-refractivity contribution >= 4 is 15.9 Å². The van der Waals surface area contributed by atoms with Gasteiger partial charge in [0.15, 0.2) is 0 Å². The number of aromatic nitrogens is 2. The summed E-state index contributed by atoms with van der Waals surface area (Å²) in [5.41, 5.74) is 1.18. The van der Waals surface area contributed by atoms with Crippen molar-refractivity contribution in [1.82, 2.24) is 20.0 Å². The van der Waals surface area contributed by atoms with Gasteiger partial charge in [-0.2, -0.15) is 5.10 Å². The fourth-order valence-corrected chi connectivity index (χ4v) is 3.03. The topological polar surface area (TPSA) is 42.3 Å². The van der Waals surface area contributed by atoms with Gasteiger partial charge in [0.05, 0.1) is 35.1 Å². The standard InChI is InChI=1S/C15H29BrN4O/c1-6-8-13(21-5)14(17-7-2)15-12(16)11-18-20(15)10-9-19(3)4/h11,13-14,17H,6-10H2,1-5H3. The van der Waals surface area contributed by atoms with Gasteiger partial charge in [-0.05, 0) is 43.0 Å². The molecule has 21 heavy (non-hydrogen) atoms. The maximum atomic E-state index is 5.73. The molecule has 0 aliphatic heterocycles. The number of hydrogen-bond donors (Lipinski definition) is 1. The van der Waals surface area contributed by atoms with Crippen molar-refractivity contribution < 1.29 is 4.74 Å². The number of hydrogen-bond acceptors (Lipinski definition) is 4. The van der Waals surface area contributed by atoms with E-state index in [4.69, 9.17) is 4.74 Å². The molecule has 0 saturated carbocycles. The smallest absolute Gasteiger partial charge is 0.0781 e. The molecule has 2 atom stereocenters. The number of nitrogens with zero attached hydrogens (tertiary/aromatic N) is 3. The van der Waals surface area contributed by atoms with E-state index in [1.54, 1.807) is 7.11 Å². The van der Waals surface area contributed by atoms with Gasteiger partial charge in [-0.3, -0.25) is 4.68 Å². The predicted octanol–water partition coefficient (Wildman–Crippen LogP) is 2.67. The number of methoxy groups -OCH3 is 1. The van der Waals surface area contributed by atoms with Crippen molar-refractivity contribution in [3.63, 3.8) is 0 Å². The molecule has 0 aliphatic rings. The van der Waals surface area contributed by atoms with Gasteiger partial charge in [0.2, 0.25) is 0 Å². The summed E-state index contributed by atoms with van der Waals surface area (Å²) >= 11 is 3.65. The van der Waals surface area contributed by atoms with Crippen molar-refractivity contribution in [3.05, 3.63) is 16.4 Å². The van der Waals surface area contributed by atoms with E-state index >= 15 is 0 Å². The largest absolute Gasteiger partial charge is 0.379 e. The SMILES string of the molecule is CCCC(OC)C(NCC)c1c(Br)cnn1CCN(C)C. The summed E-state index contributed by atoms with van der Waals surface area (Å²) in [5.74, 6) is 0. The molecule has 0 saturated heterocycles. The maximum Gasteiger partial charge on any atom is 0.0781 e. The molecule has 0 bridgehead atoms. The first-order valence-corrected chi connectivity index (χ1v) is 8.46. The monoisotopic (exact) mass is 360 g/mol. The van der Waals surface area contributed by atoms with Crippen LogP contribution in [0.1, 0.15) is 38.4 Å². The maximum absolute atomic E-state index is 5.73. The first-order chi connectivity index (χ1) is 10.0. The van der Waals surface area contributed by atoms with Crippen molar-refractivity contribution in [1.29, 1.82) is 0 Å². The van der Waals surface area contributed by atoms with Crippen LogP contribution in [-0.4, -0.2) is 55.1 Å². The minimum atomic E-state index is 0.152. The quantitative estimate of drug-likeness (QED) is 0.696. The molecule has 1 aromatic rings. The first-order valence-electron chi connectivity index (χ1n) is 7.67. The van der Waals surface area contributed by atoms with E-state index in [9.17, 15) is 0 Å². The zero-order chi connectivity index (χ0) is 15.8. The Morgan fingerprint density at radius 1 is 1.43 bits per heavy atom. The lowest BCUT2D eigenvalue weighted by Crippen LogP contribution is -2.35. The molecular weight excluding hydrogens is 332 g/mol. The number of rotatable bonds is 10. The third-order valence-electron chi connectivity index (χ3n) is 3.56. The molecule has 2 unspecified atom stereocenters. The summed E-state index contributed by atoms with van der Waals surface area (Å²) in [4.78, 5) is 2.17. The zero-order valence-corrected chi connectivity index (χ0v) is 15.5. The fraction of sp³-hybridized carbons (Fsp3) is 0.800. The van der Waals surface area contributed by atoms with E-state index in [1.165, 1.54) is 5.69 Å². The molecule has 0 spiro atoms. The van der Waals surface area contributed by atoms with Gasteiger partial charge in [0, 0.05) is 13.7 Å². The van der Waals surface area contributed by atoms with Gasteiger partial charge < -0.3 is 15.0 Å². The Hall–Kier alpha value is -0.430. The molecule has 0 amide bonds. The summed E-state index contributed by atoms with van der Waals surface area (Å²) in [6.07, 6.45) is 4.16. The molecule has 0 aromatic carbocycles. The van der Waals surface area contributed by atoms with Crippen LogP contribution in [0.5, 0.6) is 0 Å². The molecule has 1 aromatic heterocycles. The zero-order valence-electron chi connectivity index (χ0n) is 13.9. The number of likely N-dealkylation sites (N-methyl/N-ethyl adjacent to an activating group) is 2. The third kappa shape index (κ3) is 5.36. The average Bonchev–Trinajstić information content (AvgIpc) is 2.81. The Bertz CT molecular complexity index is 408. The summed E-state index contributed by atoms with van der Waals surface area (Å²) in [6.45, 7) is 7.05. The second-order valence-corrected chi connectivity index (χ2v) is 6.36. The van der Waals surface area contributed by atoms with Crippen LogP contribution in [0.4, 0.5) is 0 Å². The highest BCUT2D eigenvalue weighted by molar-refractivity contribution is 9.10. The van der Waals surface area contributed by atoms with Crippen LogP contribution in [0, 0.1) is 0 Å². The van der Waals surface area contributed by atoms with Crippen molar-refractivity contribution in [2.24, 2.45) is 0 Å². The highest BCUT2D eigenvalue weighted by atomic mass is 79.9. The predicted molar refractivity (Wildman–Crippen MR) is 90.6 cm³/mol. The lowest BCUT2D eigenvalue weighted by Gasteiger charge is -2.28. The van der Waals surface area contributed by atoms with Crippen LogP contribution < -0.4 is 5.32 Å². The van der Waals surface area contributed by atoms with Crippen LogP contribution in [0.2, 0.25) is 0 Å².